The molecule has 0 saturated heterocycles. The van der Waals surface area contributed by atoms with Gasteiger partial charge in [-0.3, -0.25) is 4.57 Å². The van der Waals surface area contributed by atoms with Crippen LogP contribution in [0.5, 0.6) is 0 Å². The lowest BCUT2D eigenvalue weighted by molar-refractivity contribution is 1.03. The van der Waals surface area contributed by atoms with Crippen LogP contribution in [0, 0.1) is 10.5 Å². The maximum absolute atomic E-state index is 4.47. The first-order chi connectivity index (χ1) is 8.61. The van der Waals surface area contributed by atoms with Gasteiger partial charge in [0.1, 0.15) is 0 Å². The number of imidazole rings is 1. The summed E-state index contributed by atoms with van der Waals surface area (Å²) in [7, 11) is 0. The zero-order valence-corrected chi connectivity index (χ0v) is 13.7. The predicted molar refractivity (Wildman–Crippen MR) is 87.4 cm³/mol. The third kappa shape index (κ3) is 2.95. The second-order valence-corrected chi connectivity index (χ2v) is 5.94. The molecule has 0 aliphatic heterocycles. The largest absolute Gasteiger partial charge is 0.352 e. The molecule has 94 valence electrons. The van der Waals surface area contributed by atoms with E-state index in [1.165, 1.54) is 3.57 Å². The summed E-state index contributed by atoms with van der Waals surface area (Å²) in [5, 5.41) is 3.24. The molecule has 5 heteroatoms. The zero-order valence-electron chi connectivity index (χ0n) is 9.95. The second kappa shape index (κ2) is 5.88. The third-order valence-corrected chi connectivity index (χ3v) is 3.71. The molecule has 0 bridgehead atoms. The van der Waals surface area contributed by atoms with Crippen molar-refractivity contribution in [3.8, 4) is 5.69 Å². The number of aromatic nitrogens is 2. The van der Waals surface area contributed by atoms with Crippen molar-refractivity contribution in [1.82, 2.24) is 9.55 Å². The van der Waals surface area contributed by atoms with Crippen LogP contribution in [0.2, 0.25) is 0 Å². The Labute approximate surface area is 129 Å². The number of nitrogens with one attached hydrogen (secondary N) is 1. The highest BCUT2D eigenvalue weighted by atomic mass is 127. The molecule has 1 heterocycles. The van der Waals surface area contributed by atoms with E-state index in [1.807, 2.05) is 23.8 Å². The summed E-state index contributed by atoms with van der Waals surface area (Å²) in [5.74, 6) is 0.828. The molecule has 1 N–H and O–H groups in total. The molecule has 3 nitrogen and oxygen atoms in total. The molecule has 2 rings (SSSR count). The first-order valence-corrected chi connectivity index (χ1v) is 7.35. The minimum atomic E-state index is 0.693. The second-order valence-electron chi connectivity index (χ2n) is 3.84. The Bertz CT molecular complexity index is 578. The van der Waals surface area contributed by atoms with E-state index in [9.17, 15) is 0 Å². The lowest BCUT2D eigenvalue weighted by atomic mass is 10.3. The quantitative estimate of drug-likeness (QED) is 0.598. The SMILES string of the molecule is C=CCNc1nc(C)cn1-c1ccc(I)cc1Br. The zero-order chi connectivity index (χ0) is 13.1. The van der Waals surface area contributed by atoms with Crippen molar-refractivity contribution in [2.45, 2.75) is 6.92 Å². The van der Waals surface area contributed by atoms with Crippen molar-refractivity contribution in [2.75, 3.05) is 11.9 Å². The van der Waals surface area contributed by atoms with E-state index in [-0.39, 0.29) is 0 Å². The van der Waals surface area contributed by atoms with Gasteiger partial charge in [0.2, 0.25) is 5.95 Å². The number of nitrogens with zero attached hydrogens (tertiary/aromatic N) is 2. The fraction of sp³-hybridized carbons (Fsp3) is 0.154. The van der Waals surface area contributed by atoms with Crippen LogP contribution in [-0.2, 0) is 0 Å². The average Bonchev–Trinajstić information content (AvgIpc) is 2.67. The van der Waals surface area contributed by atoms with Crippen molar-refractivity contribution in [3.05, 3.63) is 50.8 Å². The van der Waals surface area contributed by atoms with E-state index in [2.05, 4.69) is 73.6 Å². The predicted octanol–water partition coefficient (Wildman–Crippen LogP) is 4.15. The number of halogens is 2. The molecular weight excluding hydrogens is 405 g/mol. The van der Waals surface area contributed by atoms with E-state index >= 15 is 0 Å². The van der Waals surface area contributed by atoms with Crippen LogP contribution in [0.15, 0.2) is 41.5 Å². The van der Waals surface area contributed by atoms with Crippen LogP contribution in [0.4, 0.5) is 5.95 Å². The van der Waals surface area contributed by atoms with Gasteiger partial charge >= 0.3 is 0 Å². The number of rotatable bonds is 4. The molecule has 0 unspecified atom stereocenters. The van der Waals surface area contributed by atoms with Gasteiger partial charge in [-0.2, -0.15) is 0 Å². The summed E-state index contributed by atoms with van der Waals surface area (Å²) >= 11 is 5.89. The van der Waals surface area contributed by atoms with Crippen LogP contribution in [0.25, 0.3) is 5.69 Å². The lowest BCUT2D eigenvalue weighted by Crippen LogP contribution is -2.06. The van der Waals surface area contributed by atoms with Gasteiger partial charge in [0.05, 0.1) is 11.4 Å². The summed E-state index contributed by atoms with van der Waals surface area (Å²) in [6.45, 7) is 6.38. The molecule has 0 fully saturated rings. The van der Waals surface area contributed by atoms with Gasteiger partial charge in [0.15, 0.2) is 0 Å². The number of anilines is 1. The van der Waals surface area contributed by atoms with Gasteiger partial charge in [-0.05, 0) is 63.6 Å². The lowest BCUT2D eigenvalue weighted by Gasteiger charge is -2.10. The topological polar surface area (TPSA) is 29.9 Å². The van der Waals surface area contributed by atoms with Gasteiger partial charge in [-0.25, -0.2) is 4.98 Å². The smallest absolute Gasteiger partial charge is 0.208 e. The first kappa shape index (κ1) is 13.6. The molecule has 0 saturated carbocycles. The van der Waals surface area contributed by atoms with Gasteiger partial charge in [0.25, 0.3) is 0 Å². The van der Waals surface area contributed by atoms with Crippen LogP contribution in [-0.4, -0.2) is 16.1 Å². The molecule has 0 amide bonds. The Morgan fingerprint density at radius 2 is 2.33 bits per heavy atom. The summed E-state index contributed by atoms with van der Waals surface area (Å²) < 4.78 is 4.29. The molecule has 1 aromatic carbocycles. The van der Waals surface area contributed by atoms with Crippen molar-refractivity contribution < 1.29 is 0 Å². The Morgan fingerprint density at radius 1 is 1.56 bits per heavy atom. The number of hydrogen-bond acceptors (Lipinski definition) is 2. The molecule has 0 spiro atoms. The highest BCUT2D eigenvalue weighted by Gasteiger charge is 2.09. The molecular formula is C13H13BrIN3. The molecule has 1 aromatic heterocycles. The van der Waals surface area contributed by atoms with E-state index < -0.39 is 0 Å². The first-order valence-electron chi connectivity index (χ1n) is 5.48. The Morgan fingerprint density at radius 3 is 3.00 bits per heavy atom. The Hall–Kier alpha value is -0.820. The molecule has 0 radical (unpaired) electrons. The fourth-order valence-electron chi connectivity index (χ4n) is 1.65. The summed E-state index contributed by atoms with van der Waals surface area (Å²) in [4.78, 5) is 4.47. The van der Waals surface area contributed by atoms with Crippen LogP contribution >= 0.6 is 38.5 Å². The molecule has 0 aliphatic carbocycles. The monoisotopic (exact) mass is 417 g/mol. The third-order valence-electron chi connectivity index (χ3n) is 2.40. The van der Waals surface area contributed by atoms with E-state index in [4.69, 9.17) is 0 Å². The van der Waals surface area contributed by atoms with Gasteiger partial charge < -0.3 is 5.32 Å². The molecule has 0 atom stereocenters. The summed E-state index contributed by atoms with van der Waals surface area (Å²) in [5.41, 5.74) is 2.05. The molecule has 18 heavy (non-hydrogen) atoms. The normalized spacial score (nSPS) is 10.4. The average molecular weight is 418 g/mol. The highest BCUT2D eigenvalue weighted by molar-refractivity contribution is 14.1. The minimum Gasteiger partial charge on any atom is -0.352 e. The maximum atomic E-state index is 4.47. The van der Waals surface area contributed by atoms with Crippen LogP contribution in [0.1, 0.15) is 5.69 Å². The van der Waals surface area contributed by atoms with Crippen molar-refractivity contribution in [3.63, 3.8) is 0 Å². The van der Waals surface area contributed by atoms with E-state index in [0.29, 0.717) is 6.54 Å². The summed E-state index contributed by atoms with van der Waals surface area (Å²) in [6.07, 6.45) is 3.83. The van der Waals surface area contributed by atoms with Crippen LogP contribution < -0.4 is 5.32 Å². The standard InChI is InChI=1S/C13H13BrIN3/c1-3-6-16-13-17-9(2)8-18(13)12-5-4-10(15)7-11(12)14/h3-5,7-8H,1,6H2,2H3,(H,16,17). The van der Waals surface area contributed by atoms with Gasteiger partial charge in [0, 0.05) is 20.8 Å². The molecule has 2 aromatic rings. The number of benzene rings is 1. The fourth-order valence-corrected chi connectivity index (χ4v) is 3.14. The van der Waals surface area contributed by atoms with Crippen molar-refractivity contribution in [2.24, 2.45) is 0 Å². The number of aryl methyl sites for hydroxylation is 1. The summed E-state index contributed by atoms with van der Waals surface area (Å²) in [6, 6.07) is 6.24. The van der Waals surface area contributed by atoms with E-state index in [0.717, 1.165) is 21.8 Å². The van der Waals surface area contributed by atoms with Crippen molar-refractivity contribution >= 4 is 44.5 Å². The maximum Gasteiger partial charge on any atom is 0.208 e. The minimum absolute atomic E-state index is 0.693. The van der Waals surface area contributed by atoms with Crippen LogP contribution in [0.3, 0.4) is 0 Å². The van der Waals surface area contributed by atoms with Gasteiger partial charge in [-0.15, -0.1) is 6.58 Å². The Balaban J connectivity index is 2.45. The Kier molecular flexibility index (Phi) is 4.45. The molecule has 0 aliphatic rings. The van der Waals surface area contributed by atoms with E-state index in [1.54, 1.807) is 0 Å². The van der Waals surface area contributed by atoms with Gasteiger partial charge in [-0.1, -0.05) is 6.08 Å². The van der Waals surface area contributed by atoms with Crippen molar-refractivity contribution in [1.29, 1.82) is 0 Å². The number of hydrogen-bond donors (Lipinski definition) is 1. The highest BCUT2D eigenvalue weighted by Crippen LogP contribution is 2.26.